The molecule has 3 aromatic carbocycles. The smallest absolute Gasteiger partial charge is 0.256 e. The molecule has 1 amide bonds. The number of rotatable bonds is 5. The van der Waals surface area contributed by atoms with Crippen LogP contribution in [0.5, 0.6) is 0 Å². The number of imidazole rings is 1. The van der Waals surface area contributed by atoms with E-state index in [4.69, 9.17) is 0 Å². The lowest BCUT2D eigenvalue weighted by Crippen LogP contribution is -2.12. The molecule has 0 saturated carbocycles. The number of carbonyl (C=O) groups is 1. The second-order valence-corrected chi connectivity index (χ2v) is 7.19. The third-order valence-electron chi connectivity index (χ3n) is 4.40. The highest BCUT2D eigenvalue weighted by Gasteiger charge is 2.10. The van der Waals surface area contributed by atoms with E-state index in [0.717, 1.165) is 39.9 Å². The van der Waals surface area contributed by atoms with Crippen molar-refractivity contribution in [1.29, 1.82) is 0 Å². The van der Waals surface area contributed by atoms with Crippen LogP contribution in [0.1, 0.15) is 21.7 Å². The van der Waals surface area contributed by atoms with Crippen molar-refractivity contribution in [3.05, 3.63) is 94.2 Å². The largest absolute Gasteiger partial charge is 0.342 e. The Morgan fingerprint density at radius 2 is 1.74 bits per heavy atom. The molecule has 1 aromatic heterocycles. The maximum Gasteiger partial charge on any atom is 0.256 e. The van der Waals surface area contributed by atoms with Gasteiger partial charge < -0.3 is 10.3 Å². The Kier molecular flexibility index (Phi) is 5.03. The van der Waals surface area contributed by atoms with Crippen LogP contribution in [0.2, 0.25) is 0 Å². The van der Waals surface area contributed by atoms with Crippen LogP contribution in [0.4, 0.5) is 5.69 Å². The van der Waals surface area contributed by atoms with Gasteiger partial charge in [-0.15, -0.1) is 0 Å². The summed E-state index contributed by atoms with van der Waals surface area (Å²) in [5, 5.41) is 2.94. The Labute approximate surface area is 165 Å². The van der Waals surface area contributed by atoms with Crippen molar-refractivity contribution in [1.82, 2.24) is 9.97 Å². The first-order valence-corrected chi connectivity index (χ1v) is 9.57. The fraction of sp³-hybridized carbons (Fsp3) is 0.0909. The SMILES string of the molecule is O=C(Nc1ccc2nc(CCc3ccccc3)[nH]c2c1)c1ccccc1Br. The van der Waals surface area contributed by atoms with Gasteiger partial charge in [-0.1, -0.05) is 42.5 Å². The van der Waals surface area contributed by atoms with Crippen molar-refractivity contribution in [2.75, 3.05) is 5.32 Å². The Bertz CT molecular complexity index is 1090. The monoisotopic (exact) mass is 419 g/mol. The molecular weight excluding hydrogens is 402 g/mol. The number of aryl methyl sites for hydroxylation is 2. The summed E-state index contributed by atoms with van der Waals surface area (Å²) >= 11 is 3.41. The number of hydrogen-bond acceptors (Lipinski definition) is 2. The highest BCUT2D eigenvalue weighted by atomic mass is 79.9. The number of halogens is 1. The van der Waals surface area contributed by atoms with Gasteiger partial charge in [-0.3, -0.25) is 4.79 Å². The molecule has 0 bridgehead atoms. The predicted molar refractivity (Wildman–Crippen MR) is 112 cm³/mol. The van der Waals surface area contributed by atoms with Crippen LogP contribution in [-0.4, -0.2) is 15.9 Å². The number of nitrogens with one attached hydrogen (secondary N) is 2. The first kappa shape index (κ1) is 17.5. The first-order valence-electron chi connectivity index (χ1n) is 8.77. The van der Waals surface area contributed by atoms with E-state index < -0.39 is 0 Å². The molecule has 134 valence electrons. The van der Waals surface area contributed by atoms with E-state index in [1.54, 1.807) is 6.07 Å². The second-order valence-electron chi connectivity index (χ2n) is 6.33. The number of H-pyrrole nitrogens is 1. The molecule has 2 N–H and O–H groups in total. The van der Waals surface area contributed by atoms with Crippen LogP contribution >= 0.6 is 15.9 Å². The summed E-state index contributed by atoms with van der Waals surface area (Å²) in [4.78, 5) is 20.5. The van der Waals surface area contributed by atoms with Crippen LogP contribution in [-0.2, 0) is 12.8 Å². The average molecular weight is 420 g/mol. The van der Waals surface area contributed by atoms with Crippen LogP contribution in [0.3, 0.4) is 0 Å². The molecule has 1 heterocycles. The molecule has 0 saturated heterocycles. The number of nitrogens with zero attached hydrogens (tertiary/aromatic N) is 1. The quantitative estimate of drug-likeness (QED) is 0.457. The van der Waals surface area contributed by atoms with Gasteiger partial charge >= 0.3 is 0 Å². The molecule has 5 heteroatoms. The number of fused-ring (bicyclic) bond motifs is 1. The zero-order chi connectivity index (χ0) is 18.6. The first-order chi connectivity index (χ1) is 13.2. The van der Waals surface area contributed by atoms with E-state index in [9.17, 15) is 4.79 Å². The molecule has 0 aliphatic carbocycles. The number of aromatic nitrogens is 2. The van der Waals surface area contributed by atoms with Crippen molar-refractivity contribution in [2.24, 2.45) is 0 Å². The van der Waals surface area contributed by atoms with Crippen molar-refractivity contribution in [3.8, 4) is 0 Å². The third kappa shape index (κ3) is 4.09. The van der Waals surface area contributed by atoms with Gasteiger partial charge in [0.05, 0.1) is 16.6 Å². The molecular formula is C22H18BrN3O. The number of amides is 1. The number of hydrogen-bond donors (Lipinski definition) is 2. The second kappa shape index (κ2) is 7.76. The Hall–Kier alpha value is -2.92. The van der Waals surface area contributed by atoms with Gasteiger partial charge in [-0.2, -0.15) is 0 Å². The highest BCUT2D eigenvalue weighted by molar-refractivity contribution is 9.10. The van der Waals surface area contributed by atoms with Gasteiger partial charge in [0.1, 0.15) is 5.82 Å². The highest BCUT2D eigenvalue weighted by Crippen LogP contribution is 2.21. The summed E-state index contributed by atoms with van der Waals surface area (Å²) in [6.07, 6.45) is 1.78. The Balaban J connectivity index is 1.49. The third-order valence-corrected chi connectivity index (χ3v) is 5.09. The van der Waals surface area contributed by atoms with E-state index in [1.807, 2.05) is 54.6 Å². The van der Waals surface area contributed by atoms with Gasteiger partial charge in [-0.05, 0) is 58.2 Å². The van der Waals surface area contributed by atoms with Gasteiger partial charge in [0.25, 0.3) is 5.91 Å². The van der Waals surface area contributed by atoms with Gasteiger partial charge in [-0.25, -0.2) is 4.98 Å². The number of carbonyl (C=O) groups excluding carboxylic acids is 1. The lowest BCUT2D eigenvalue weighted by atomic mass is 10.1. The van der Waals surface area contributed by atoms with Crippen molar-refractivity contribution < 1.29 is 4.79 Å². The summed E-state index contributed by atoms with van der Waals surface area (Å²) in [6, 6.07) is 23.5. The number of anilines is 1. The zero-order valence-electron chi connectivity index (χ0n) is 14.6. The van der Waals surface area contributed by atoms with E-state index in [1.165, 1.54) is 5.56 Å². The molecule has 0 unspecified atom stereocenters. The van der Waals surface area contributed by atoms with E-state index in [0.29, 0.717) is 5.56 Å². The average Bonchev–Trinajstić information content (AvgIpc) is 3.10. The summed E-state index contributed by atoms with van der Waals surface area (Å²) in [5.74, 6) is 0.800. The van der Waals surface area contributed by atoms with Gasteiger partial charge in [0, 0.05) is 16.6 Å². The van der Waals surface area contributed by atoms with E-state index in [2.05, 4.69) is 43.3 Å². The number of benzene rings is 3. The minimum absolute atomic E-state index is 0.148. The molecule has 0 fully saturated rings. The molecule has 0 aliphatic rings. The molecule has 4 aromatic rings. The van der Waals surface area contributed by atoms with Crippen LogP contribution in [0.15, 0.2) is 77.3 Å². The molecule has 0 atom stereocenters. The standard InChI is InChI=1S/C22H18BrN3O/c23-18-9-5-4-8-17(18)22(27)24-16-11-12-19-20(14-16)26-21(25-19)13-10-15-6-2-1-3-7-15/h1-9,11-12,14H,10,13H2,(H,24,27)(H,25,26). The summed E-state index contributed by atoms with van der Waals surface area (Å²) in [5.41, 5.74) is 4.45. The normalized spacial score (nSPS) is 10.9. The summed E-state index contributed by atoms with van der Waals surface area (Å²) < 4.78 is 0.772. The molecule has 4 nitrogen and oxygen atoms in total. The molecule has 0 aliphatic heterocycles. The van der Waals surface area contributed by atoms with Crippen LogP contribution in [0.25, 0.3) is 11.0 Å². The number of aromatic amines is 1. The van der Waals surface area contributed by atoms with E-state index >= 15 is 0 Å². The minimum atomic E-state index is -0.148. The van der Waals surface area contributed by atoms with Crippen molar-refractivity contribution >= 4 is 38.6 Å². The zero-order valence-corrected chi connectivity index (χ0v) is 16.2. The van der Waals surface area contributed by atoms with Crippen molar-refractivity contribution in [3.63, 3.8) is 0 Å². The predicted octanol–water partition coefficient (Wildman–Crippen LogP) is 5.36. The molecule has 0 spiro atoms. The fourth-order valence-electron chi connectivity index (χ4n) is 3.01. The van der Waals surface area contributed by atoms with E-state index in [-0.39, 0.29) is 5.91 Å². The fourth-order valence-corrected chi connectivity index (χ4v) is 3.47. The van der Waals surface area contributed by atoms with Gasteiger partial charge in [0.15, 0.2) is 0 Å². The Morgan fingerprint density at radius 3 is 2.56 bits per heavy atom. The minimum Gasteiger partial charge on any atom is -0.342 e. The lowest BCUT2D eigenvalue weighted by Gasteiger charge is -2.06. The lowest BCUT2D eigenvalue weighted by molar-refractivity contribution is 0.102. The van der Waals surface area contributed by atoms with Crippen LogP contribution < -0.4 is 5.32 Å². The molecule has 4 rings (SSSR count). The maximum absolute atomic E-state index is 12.5. The molecule has 0 radical (unpaired) electrons. The summed E-state index contributed by atoms with van der Waals surface area (Å²) in [7, 11) is 0. The molecule has 27 heavy (non-hydrogen) atoms. The Morgan fingerprint density at radius 1 is 0.963 bits per heavy atom. The van der Waals surface area contributed by atoms with Gasteiger partial charge in [0.2, 0.25) is 0 Å². The van der Waals surface area contributed by atoms with Crippen LogP contribution in [0, 0.1) is 0 Å². The topological polar surface area (TPSA) is 57.8 Å². The van der Waals surface area contributed by atoms with Crippen molar-refractivity contribution in [2.45, 2.75) is 12.8 Å². The summed E-state index contributed by atoms with van der Waals surface area (Å²) in [6.45, 7) is 0. The maximum atomic E-state index is 12.5.